The van der Waals surface area contributed by atoms with Crippen molar-refractivity contribution in [2.75, 3.05) is 19.8 Å². The first-order valence-corrected chi connectivity index (χ1v) is 6.76. The summed E-state index contributed by atoms with van der Waals surface area (Å²) in [6, 6.07) is 0. The van der Waals surface area contributed by atoms with E-state index < -0.39 is 41.5 Å². The Morgan fingerprint density at radius 1 is 0.909 bits per heavy atom. The van der Waals surface area contributed by atoms with Crippen LogP contribution in [-0.2, 0) is 4.74 Å². The summed E-state index contributed by atoms with van der Waals surface area (Å²) in [6.07, 6.45) is -10.9. The summed E-state index contributed by atoms with van der Waals surface area (Å²) in [7, 11) is 0. The van der Waals surface area contributed by atoms with Crippen molar-refractivity contribution in [3.63, 3.8) is 0 Å². The van der Waals surface area contributed by atoms with E-state index in [1.54, 1.807) is 27.7 Å². The Kier molecular flexibility index (Phi) is 7.17. The van der Waals surface area contributed by atoms with Gasteiger partial charge < -0.3 is 9.84 Å². The predicted molar refractivity (Wildman–Crippen MR) is 68.9 cm³/mol. The lowest BCUT2D eigenvalue weighted by Gasteiger charge is -2.31. The van der Waals surface area contributed by atoms with Crippen molar-refractivity contribution in [1.82, 2.24) is 4.90 Å². The zero-order valence-corrected chi connectivity index (χ0v) is 13.1. The molecule has 1 N–H and O–H groups in total. The lowest BCUT2D eigenvalue weighted by Crippen LogP contribution is -2.48. The van der Waals surface area contributed by atoms with E-state index in [0.29, 0.717) is 6.42 Å². The first kappa shape index (κ1) is 21.5. The monoisotopic (exact) mass is 339 g/mol. The van der Waals surface area contributed by atoms with Crippen LogP contribution in [0.4, 0.5) is 26.3 Å². The summed E-state index contributed by atoms with van der Waals surface area (Å²) in [5.41, 5.74) is -1.37. The molecule has 0 rings (SSSR count). The molecule has 0 aliphatic carbocycles. The van der Waals surface area contributed by atoms with Crippen molar-refractivity contribution >= 4 is 0 Å². The quantitative estimate of drug-likeness (QED) is 0.413. The third-order valence-corrected chi connectivity index (χ3v) is 2.69. The first-order chi connectivity index (χ1) is 9.55. The summed E-state index contributed by atoms with van der Waals surface area (Å²) in [5.74, 6) is 0. The van der Waals surface area contributed by atoms with Crippen LogP contribution in [-0.4, -0.2) is 48.0 Å². The van der Waals surface area contributed by atoms with E-state index in [1.165, 1.54) is 0 Å². The molecule has 0 spiro atoms. The van der Waals surface area contributed by atoms with Crippen LogP contribution in [0.25, 0.3) is 0 Å². The Morgan fingerprint density at radius 2 is 1.36 bits per heavy atom. The zero-order chi connectivity index (χ0) is 17.8. The molecule has 0 fully saturated rings. The fourth-order valence-corrected chi connectivity index (χ4v) is 2.29. The highest BCUT2D eigenvalue weighted by Gasteiger charge is 2.53. The average molecular weight is 339 g/mol. The fourth-order valence-electron chi connectivity index (χ4n) is 2.29. The van der Waals surface area contributed by atoms with Gasteiger partial charge in [0, 0.05) is 13.2 Å². The molecular weight excluding hydrogens is 316 g/mol. The molecule has 0 atom stereocenters. The van der Waals surface area contributed by atoms with Crippen LogP contribution < -0.4 is 0 Å². The third kappa shape index (κ3) is 9.47. The van der Waals surface area contributed by atoms with Gasteiger partial charge in [0.1, 0.15) is 0 Å². The topological polar surface area (TPSA) is 32.7 Å². The summed E-state index contributed by atoms with van der Waals surface area (Å²) in [6.45, 7) is 5.51. The van der Waals surface area contributed by atoms with Gasteiger partial charge in [0.15, 0.2) is 0 Å². The number of rotatable bonds is 8. The van der Waals surface area contributed by atoms with Crippen LogP contribution in [0.15, 0.2) is 0 Å². The third-order valence-electron chi connectivity index (χ3n) is 2.69. The van der Waals surface area contributed by atoms with Gasteiger partial charge in [0.25, 0.3) is 0 Å². The highest BCUT2D eigenvalue weighted by molar-refractivity contribution is 4.78. The molecule has 0 radical (unpaired) electrons. The maximum atomic E-state index is 12.2. The molecule has 0 saturated heterocycles. The minimum atomic E-state index is -5.46. The van der Waals surface area contributed by atoms with E-state index in [9.17, 15) is 31.4 Å². The van der Waals surface area contributed by atoms with Crippen molar-refractivity contribution in [2.45, 2.75) is 58.7 Å². The summed E-state index contributed by atoms with van der Waals surface area (Å²) < 4.78 is 78.6. The van der Waals surface area contributed by atoms with E-state index in [4.69, 9.17) is 4.74 Å². The Balaban J connectivity index is 4.22. The molecule has 0 aliphatic rings. The Labute approximate surface area is 126 Å². The second kappa shape index (κ2) is 7.35. The Hall–Kier alpha value is -0.540. The van der Waals surface area contributed by atoms with Crippen molar-refractivity contribution < 1.29 is 36.2 Å². The van der Waals surface area contributed by atoms with Crippen LogP contribution in [0.3, 0.4) is 0 Å². The van der Waals surface area contributed by atoms with Crippen LogP contribution in [0, 0.1) is 5.41 Å². The lowest BCUT2D eigenvalue weighted by atomic mass is 9.82. The highest BCUT2D eigenvalue weighted by Crippen LogP contribution is 2.33. The number of nitrogens with zero attached hydrogens (tertiary/aromatic N) is 1. The molecule has 0 amide bonds. The molecule has 0 aromatic heterocycles. The van der Waals surface area contributed by atoms with Crippen molar-refractivity contribution in [2.24, 2.45) is 5.41 Å². The summed E-state index contributed by atoms with van der Waals surface area (Å²) >= 11 is 0. The van der Waals surface area contributed by atoms with Crippen molar-refractivity contribution in [3.05, 3.63) is 0 Å². The minimum Gasteiger partial charge on any atom is -0.390 e. The zero-order valence-electron chi connectivity index (χ0n) is 13.1. The molecule has 3 nitrogen and oxygen atoms in total. The normalized spacial score (nSPS) is 14.7. The largest absolute Gasteiger partial charge is 0.467 e. The van der Waals surface area contributed by atoms with Gasteiger partial charge in [-0.25, -0.2) is 0 Å². The molecule has 134 valence electrons. The smallest absolute Gasteiger partial charge is 0.390 e. The van der Waals surface area contributed by atoms with Gasteiger partial charge in [-0.3, -0.25) is 0 Å². The van der Waals surface area contributed by atoms with Gasteiger partial charge in [-0.15, -0.1) is 4.90 Å². The average Bonchev–Trinajstić information content (AvgIpc) is 2.15. The number of aliphatic hydroxyl groups is 1. The molecule has 0 aromatic rings. The van der Waals surface area contributed by atoms with E-state index in [0.717, 1.165) is 0 Å². The molecule has 0 bridgehead atoms. The van der Waals surface area contributed by atoms with Crippen LogP contribution >= 0.6 is 0 Å². The predicted octanol–water partition coefficient (Wildman–Crippen LogP) is 3.92. The van der Waals surface area contributed by atoms with E-state index in [2.05, 4.69) is 0 Å². The molecule has 9 heteroatoms. The molecule has 0 aliphatic heterocycles. The van der Waals surface area contributed by atoms with Gasteiger partial charge in [-0.1, -0.05) is 13.8 Å². The fraction of sp³-hybridized carbons (Fsp3) is 1.00. The highest BCUT2D eigenvalue weighted by atomic mass is 19.4. The molecule has 0 unspecified atom stereocenters. The van der Waals surface area contributed by atoms with Crippen LogP contribution in [0.5, 0.6) is 0 Å². The number of hydrogen-bond acceptors (Lipinski definition) is 3. The maximum absolute atomic E-state index is 12.2. The molecule has 0 heterocycles. The second-order valence-electron chi connectivity index (χ2n) is 6.65. The standard InChI is InChI=1S/C13H23F6NO2/c1-10(2,8-11(3,4)21)9-22-7-5-6-20(12(14,15)16)13(17,18)19/h21H,5-9H2,1-4H3. The second-order valence-corrected chi connectivity index (χ2v) is 6.65. The van der Waals surface area contributed by atoms with E-state index in [-0.39, 0.29) is 13.2 Å². The molecule has 0 aromatic carbocycles. The Morgan fingerprint density at radius 3 is 1.73 bits per heavy atom. The first-order valence-electron chi connectivity index (χ1n) is 6.76. The summed E-state index contributed by atoms with van der Waals surface area (Å²) in [4.78, 5) is -1.47. The van der Waals surface area contributed by atoms with Gasteiger partial charge >= 0.3 is 12.6 Å². The summed E-state index contributed by atoms with van der Waals surface area (Å²) in [5, 5.41) is 9.70. The number of alkyl halides is 6. The van der Waals surface area contributed by atoms with Crippen molar-refractivity contribution in [1.29, 1.82) is 0 Å². The maximum Gasteiger partial charge on any atom is 0.467 e. The molecular formula is C13H23F6NO2. The minimum absolute atomic E-state index is 0.134. The molecule has 22 heavy (non-hydrogen) atoms. The number of ether oxygens (including phenoxy) is 1. The van der Waals surface area contributed by atoms with E-state index >= 15 is 0 Å². The Bertz CT molecular complexity index is 319. The SMILES string of the molecule is CC(C)(O)CC(C)(C)COCCCN(C(F)(F)F)C(F)(F)F. The van der Waals surface area contributed by atoms with E-state index in [1.807, 2.05) is 0 Å². The van der Waals surface area contributed by atoms with Crippen LogP contribution in [0.2, 0.25) is 0 Å². The van der Waals surface area contributed by atoms with Gasteiger partial charge in [-0.05, 0) is 32.1 Å². The lowest BCUT2D eigenvalue weighted by molar-refractivity contribution is -0.373. The number of halogens is 6. The van der Waals surface area contributed by atoms with Crippen LogP contribution in [0.1, 0.15) is 40.5 Å². The molecule has 0 saturated carbocycles. The number of hydrogen-bond donors (Lipinski definition) is 1. The van der Waals surface area contributed by atoms with Gasteiger partial charge in [-0.2, -0.15) is 26.3 Å². The van der Waals surface area contributed by atoms with Crippen molar-refractivity contribution in [3.8, 4) is 0 Å². The van der Waals surface area contributed by atoms with Gasteiger partial charge in [0.2, 0.25) is 0 Å². The van der Waals surface area contributed by atoms with Gasteiger partial charge in [0.05, 0.1) is 12.2 Å².